The molecule has 2 amide bonds. The highest BCUT2D eigenvalue weighted by molar-refractivity contribution is 7.09. The van der Waals surface area contributed by atoms with Crippen molar-refractivity contribution in [3.8, 4) is 11.3 Å². The number of aromatic nitrogens is 1. The van der Waals surface area contributed by atoms with Crippen LogP contribution in [0.25, 0.3) is 11.3 Å². The van der Waals surface area contributed by atoms with Crippen molar-refractivity contribution in [2.45, 2.75) is 25.8 Å². The fourth-order valence-corrected chi connectivity index (χ4v) is 5.06. The number of nitrogens with zero attached hydrogens (tertiary/aromatic N) is 2. The Morgan fingerprint density at radius 3 is 2.70 bits per heavy atom. The summed E-state index contributed by atoms with van der Waals surface area (Å²) >= 11 is 1.65. The number of nitrogens with one attached hydrogen (secondary N) is 1. The first kappa shape index (κ1) is 19.1. The molecule has 1 aliphatic carbocycles. The van der Waals surface area contributed by atoms with Gasteiger partial charge in [0.2, 0.25) is 11.7 Å². The Balaban J connectivity index is 1.15. The molecule has 30 heavy (non-hydrogen) atoms. The van der Waals surface area contributed by atoms with Crippen molar-refractivity contribution in [1.29, 1.82) is 0 Å². The van der Waals surface area contributed by atoms with Crippen LogP contribution in [0.1, 0.15) is 34.7 Å². The lowest BCUT2D eigenvalue weighted by Crippen LogP contribution is -2.40. The minimum Gasteiger partial charge on any atom is -0.351 e. The zero-order valence-corrected chi connectivity index (χ0v) is 17.4. The van der Waals surface area contributed by atoms with Crippen molar-refractivity contribution in [1.82, 2.24) is 15.4 Å². The SMILES string of the molecule is O=C(NCc1cccs1)C1CC12CCN(C(=O)c1cc(-c3ccccc3)no1)CC2. The molecule has 1 aromatic carbocycles. The van der Waals surface area contributed by atoms with E-state index in [0.717, 1.165) is 24.8 Å². The molecule has 2 aliphatic rings. The Morgan fingerprint density at radius 2 is 1.97 bits per heavy atom. The third kappa shape index (κ3) is 3.65. The smallest absolute Gasteiger partial charge is 0.292 e. The van der Waals surface area contributed by atoms with Gasteiger partial charge in [-0.05, 0) is 36.1 Å². The van der Waals surface area contributed by atoms with Gasteiger partial charge >= 0.3 is 0 Å². The molecule has 0 radical (unpaired) electrons. The highest BCUT2D eigenvalue weighted by Crippen LogP contribution is 2.59. The second-order valence-electron chi connectivity index (χ2n) is 8.15. The van der Waals surface area contributed by atoms with Gasteiger partial charge in [0.05, 0.1) is 6.54 Å². The summed E-state index contributed by atoms with van der Waals surface area (Å²) in [5.41, 5.74) is 1.65. The van der Waals surface area contributed by atoms with E-state index in [0.29, 0.717) is 25.3 Å². The van der Waals surface area contributed by atoms with Gasteiger partial charge in [0.1, 0.15) is 5.69 Å². The number of carbonyl (C=O) groups is 2. The summed E-state index contributed by atoms with van der Waals surface area (Å²) in [7, 11) is 0. The number of piperidine rings is 1. The molecule has 7 heteroatoms. The van der Waals surface area contributed by atoms with Crippen LogP contribution in [0, 0.1) is 11.3 Å². The van der Waals surface area contributed by atoms with Crippen LogP contribution in [0.4, 0.5) is 0 Å². The number of carbonyl (C=O) groups excluding carboxylic acids is 2. The summed E-state index contributed by atoms with van der Waals surface area (Å²) in [6.45, 7) is 1.90. The van der Waals surface area contributed by atoms with Crippen LogP contribution >= 0.6 is 11.3 Å². The van der Waals surface area contributed by atoms with Crippen LogP contribution in [0.5, 0.6) is 0 Å². The van der Waals surface area contributed by atoms with E-state index in [1.54, 1.807) is 17.4 Å². The van der Waals surface area contributed by atoms with E-state index in [-0.39, 0.29) is 28.9 Å². The lowest BCUT2D eigenvalue weighted by atomic mass is 9.90. The summed E-state index contributed by atoms with van der Waals surface area (Å²) in [6.07, 6.45) is 2.64. The molecule has 3 aromatic rings. The molecule has 0 bridgehead atoms. The zero-order valence-electron chi connectivity index (χ0n) is 16.5. The summed E-state index contributed by atoms with van der Waals surface area (Å²) < 4.78 is 5.32. The summed E-state index contributed by atoms with van der Waals surface area (Å²) in [6, 6.07) is 15.4. The molecule has 1 unspecified atom stereocenters. The van der Waals surface area contributed by atoms with Crippen LogP contribution in [0.15, 0.2) is 58.4 Å². The van der Waals surface area contributed by atoms with Gasteiger partial charge in [0.25, 0.3) is 5.91 Å². The molecule has 1 spiro atoms. The Hall–Kier alpha value is -2.93. The molecule has 1 aliphatic heterocycles. The van der Waals surface area contributed by atoms with Crippen LogP contribution in [0.2, 0.25) is 0 Å². The highest BCUT2D eigenvalue weighted by Gasteiger charge is 2.58. The number of hydrogen-bond acceptors (Lipinski definition) is 5. The van der Waals surface area contributed by atoms with Gasteiger partial charge in [-0.25, -0.2) is 0 Å². The maximum absolute atomic E-state index is 12.8. The maximum Gasteiger partial charge on any atom is 0.292 e. The van der Waals surface area contributed by atoms with Gasteiger partial charge < -0.3 is 14.7 Å². The Morgan fingerprint density at radius 1 is 1.17 bits per heavy atom. The van der Waals surface area contributed by atoms with E-state index in [4.69, 9.17) is 4.52 Å². The van der Waals surface area contributed by atoms with E-state index in [1.807, 2.05) is 52.7 Å². The van der Waals surface area contributed by atoms with Gasteiger partial charge in [0, 0.05) is 35.5 Å². The van der Waals surface area contributed by atoms with Crippen molar-refractivity contribution in [2.75, 3.05) is 13.1 Å². The van der Waals surface area contributed by atoms with E-state index in [2.05, 4.69) is 10.5 Å². The first-order valence-electron chi connectivity index (χ1n) is 10.3. The van der Waals surface area contributed by atoms with E-state index >= 15 is 0 Å². The van der Waals surface area contributed by atoms with Crippen LogP contribution in [-0.2, 0) is 11.3 Å². The number of rotatable bonds is 5. The first-order chi connectivity index (χ1) is 14.6. The molecule has 1 saturated carbocycles. The number of hydrogen-bond donors (Lipinski definition) is 1. The predicted octanol–water partition coefficient (Wildman–Crippen LogP) is 3.96. The van der Waals surface area contributed by atoms with Crippen LogP contribution in [0.3, 0.4) is 0 Å². The lowest BCUT2D eigenvalue weighted by Gasteiger charge is -2.32. The second kappa shape index (κ2) is 7.72. The Bertz CT molecular complexity index is 1040. The number of benzene rings is 1. The fraction of sp³-hybridized carbons (Fsp3) is 0.348. The topological polar surface area (TPSA) is 75.4 Å². The summed E-state index contributed by atoms with van der Waals surface area (Å²) in [4.78, 5) is 28.4. The molecule has 5 rings (SSSR count). The number of likely N-dealkylation sites (tertiary alicyclic amines) is 1. The zero-order chi connectivity index (χ0) is 20.6. The van der Waals surface area contributed by atoms with Crippen molar-refractivity contribution in [3.05, 3.63) is 64.5 Å². The molecule has 1 atom stereocenters. The van der Waals surface area contributed by atoms with Gasteiger partial charge in [-0.2, -0.15) is 0 Å². The molecule has 154 valence electrons. The molecular formula is C23H23N3O3S. The third-order valence-electron chi connectivity index (χ3n) is 6.36. The molecule has 6 nitrogen and oxygen atoms in total. The van der Waals surface area contributed by atoms with Gasteiger partial charge in [0.15, 0.2) is 0 Å². The van der Waals surface area contributed by atoms with Crippen LogP contribution < -0.4 is 5.32 Å². The quantitative estimate of drug-likeness (QED) is 0.677. The van der Waals surface area contributed by atoms with E-state index < -0.39 is 0 Å². The Kier molecular flexibility index (Phi) is 4.90. The minimum absolute atomic E-state index is 0.0624. The molecule has 1 N–H and O–H groups in total. The van der Waals surface area contributed by atoms with Crippen molar-refractivity contribution >= 4 is 23.2 Å². The average molecular weight is 422 g/mol. The predicted molar refractivity (Wildman–Crippen MR) is 114 cm³/mol. The van der Waals surface area contributed by atoms with E-state index in [9.17, 15) is 9.59 Å². The van der Waals surface area contributed by atoms with Crippen molar-refractivity contribution < 1.29 is 14.1 Å². The molecule has 2 aromatic heterocycles. The molecule has 1 saturated heterocycles. The first-order valence-corrected chi connectivity index (χ1v) is 11.1. The normalized spacial score (nSPS) is 19.6. The lowest BCUT2D eigenvalue weighted by molar-refractivity contribution is -0.123. The molecular weight excluding hydrogens is 398 g/mol. The van der Waals surface area contributed by atoms with Crippen molar-refractivity contribution in [3.63, 3.8) is 0 Å². The molecule has 3 heterocycles. The van der Waals surface area contributed by atoms with Gasteiger partial charge in [-0.1, -0.05) is 41.6 Å². The van der Waals surface area contributed by atoms with E-state index in [1.165, 1.54) is 4.88 Å². The summed E-state index contributed by atoms with van der Waals surface area (Å²) in [5, 5.41) is 9.13. The number of thiophene rings is 1. The largest absolute Gasteiger partial charge is 0.351 e. The average Bonchev–Trinajstić information content (AvgIpc) is 3.18. The minimum atomic E-state index is -0.126. The van der Waals surface area contributed by atoms with Crippen LogP contribution in [-0.4, -0.2) is 35.0 Å². The monoisotopic (exact) mass is 421 g/mol. The standard InChI is InChI=1S/C23H23N3O3S/c27-21(24-15-17-7-4-12-30-17)18-14-23(18)8-10-26(11-9-23)22(28)20-13-19(25-29-20)16-5-2-1-3-6-16/h1-7,12-13,18H,8-11,14-15H2,(H,24,27). The molecule has 2 fully saturated rings. The second-order valence-corrected chi connectivity index (χ2v) is 9.18. The maximum atomic E-state index is 12.8. The van der Waals surface area contributed by atoms with Gasteiger partial charge in [-0.15, -0.1) is 11.3 Å². The van der Waals surface area contributed by atoms with Gasteiger partial charge in [-0.3, -0.25) is 9.59 Å². The highest BCUT2D eigenvalue weighted by atomic mass is 32.1. The van der Waals surface area contributed by atoms with Crippen molar-refractivity contribution in [2.24, 2.45) is 11.3 Å². The third-order valence-corrected chi connectivity index (χ3v) is 7.24. The summed E-state index contributed by atoms with van der Waals surface area (Å²) in [5.74, 6) is 0.361. The Labute approximate surface area is 178 Å². The number of amides is 2. The fourth-order valence-electron chi connectivity index (χ4n) is 4.41.